The number of amides is 1. The van der Waals surface area contributed by atoms with Crippen molar-refractivity contribution in [2.45, 2.75) is 85.8 Å². The minimum atomic E-state index is -1.64. The van der Waals surface area contributed by atoms with Crippen LogP contribution in [-0.2, 0) is 26.4 Å². The van der Waals surface area contributed by atoms with Crippen molar-refractivity contribution in [1.82, 2.24) is 9.13 Å². The van der Waals surface area contributed by atoms with E-state index in [1.165, 1.54) is 18.4 Å². The number of ether oxygens (including phenoxy) is 3. The molecule has 3 aromatic rings. The van der Waals surface area contributed by atoms with Gasteiger partial charge in [-0.1, -0.05) is 18.2 Å². The van der Waals surface area contributed by atoms with Crippen LogP contribution in [0.3, 0.4) is 0 Å². The minimum absolute atomic E-state index is 0.0245. The van der Waals surface area contributed by atoms with Crippen LogP contribution in [0, 0.1) is 6.92 Å². The van der Waals surface area contributed by atoms with Gasteiger partial charge in [0, 0.05) is 5.56 Å². The smallest absolute Gasteiger partial charge is 0.348 e. The molecule has 0 fully saturated rings. The average Bonchev–Trinajstić information content (AvgIpc) is 3.18. The van der Waals surface area contributed by atoms with Crippen molar-refractivity contribution in [1.29, 1.82) is 0 Å². The molecule has 1 amide bonds. The normalized spacial score (nSPS) is 12.8. The van der Waals surface area contributed by atoms with E-state index < -0.39 is 34.8 Å². The summed E-state index contributed by atoms with van der Waals surface area (Å²) in [4.78, 5) is 53.4. The maximum atomic E-state index is 14.0. The van der Waals surface area contributed by atoms with E-state index in [0.717, 1.165) is 15.9 Å². The van der Waals surface area contributed by atoms with Crippen LogP contribution in [0.2, 0.25) is 0 Å². The van der Waals surface area contributed by atoms with E-state index in [2.05, 4.69) is 0 Å². The first-order chi connectivity index (χ1) is 18.2. The summed E-state index contributed by atoms with van der Waals surface area (Å²) in [5, 5.41) is 0.145. The van der Waals surface area contributed by atoms with E-state index in [4.69, 9.17) is 19.9 Å². The highest BCUT2D eigenvalue weighted by Crippen LogP contribution is 2.34. The number of rotatable bonds is 11. The predicted octanol–water partition coefficient (Wildman–Crippen LogP) is 3.88. The molecule has 0 saturated carbocycles. The van der Waals surface area contributed by atoms with Crippen LogP contribution >= 0.6 is 11.3 Å². The Hall–Kier alpha value is -3.44. The Bertz CT molecular complexity index is 1500. The van der Waals surface area contributed by atoms with E-state index in [0.29, 0.717) is 16.9 Å². The number of aryl methyl sites for hydroxylation is 1. The van der Waals surface area contributed by atoms with E-state index in [9.17, 15) is 19.2 Å². The third kappa shape index (κ3) is 5.94. The molecule has 212 valence electrons. The van der Waals surface area contributed by atoms with Crippen LogP contribution in [0.15, 0.2) is 33.9 Å². The largest absolute Gasteiger partial charge is 0.491 e. The van der Waals surface area contributed by atoms with Gasteiger partial charge in [-0.25, -0.2) is 14.2 Å². The molecule has 1 atom stereocenters. The Morgan fingerprint density at radius 2 is 1.72 bits per heavy atom. The van der Waals surface area contributed by atoms with Gasteiger partial charge in [-0.15, -0.1) is 11.3 Å². The van der Waals surface area contributed by atoms with E-state index in [1.54, 1.807) is 13.8 Å². The number of aromatic nitrogens is 2. The molecule has 0 aliphatic heterocycles. The zero-order valence-corrected chi connectivity index (χ0v) is 24.5. The summed E-state index contributed by atoms with van der Waals surface area (Å²) in [6.45, 7) is 13.8. The number of esters is 1. The number of fused-ring (bicyclic) bond motifs is 1. The second-order valence-corrected chi connectivity index (χ2v) is 11.3. The summed E-state index contributed by atoms with van der Waals surface area (Å²) < 4.78 is 19.8. The highest BCUT2D eigenvalue weighted by atomic mass is 32.1. The third-order valence-electron chi connectivity index (χ3n) is 6.25. The van der Waals surface area contributed by atoms with Gasteiger partial charge in [0.25, 0.3) is 5.56 Å². The Morgan fingerprint density at radius 3 is 2.28 bits per heavy atom. The molecule has 0 aliphatic rings. The van der Waals surface area contributed by atoms with Crippen LogP contribution in [0.5, 0.6) is 5.75 Å². The summed E-state index contributed by atoms with van der Waals surface area (Å²) in [6.07, 6.45) is -0.996. The van der Waals surface area contributed by atoms with Crippen molar-refractivity contribution in [3.63, 3.8) is 0 Å². The first kappa shape index (κ1) is 30.1. The van der Waals surface area contributed by atoms with Crippen molar-refractivity contribution in [3.8, 4) is 5.75 Å². The lowest BCUT2D eigenvalue weighted by atomic mass is 10.0. The molecule has 2 heterocycles. The molecule has 0 aliphatic carbocycles. The first-order valence-corrected chi connectivity index (χ1v) is 13.7. The summed E-state index contributed by atoms with van der Waals surface area (Å²) in [7, 11) is 0. The summed E-state index contributed by atoms with van der Waals surface area (Å²) in [6, 6.07) is 7.39. The average molecular weight is 560 g/mol. The maximum absolute atomic E-state index is 14.0. The van der Waals surface area contributed by atoms with Gasteiger partial charge < -0.3 is 19.9 Å². The summed E-state index contributed by atoms with van der Waals surface area (Å²) >= 11 is 0.998. The molecular formula is C28H37N3O7S. The number of para-hydroxylation sites is 1. The fraction of sp³-hybridized carbons (Fsp3) is 0.500. The van der Waals surface area contributed by atoms with Crippen LogP contribution in [-0.4, -0.2) is 39.8 Å². The number of benzene rings is 1. The summed E-state index contributed by atoms with van der Waals surface area (Å²) in [5.74, 6) is -0.847. The van der Waals surface area contributed by atoms with E-state index in [-0.39, 0.29) is 40.5 Å². The standard InChI is InChI=1S/C28H37N3O7S/c1-9-36-25(33)22-17(6)21-23(32)31(28(7,8)26(29)34)27(35)30(24(21)39-22)14-20(38-16(4)5)18-12-10-11-13-19(18)37-15(2)3/h10-13,15-16,20H,9,14H2,1-8H3,(H2,29,34)/t20-/m0/s1. The molecule has 0 unspecified atom stereocenters. The first-order valence-electron chi connectivity index (χ1n) is 12.9. The molecule has 0 bridgehead atoms. The van der Waals surface area contributed by atoms with Crippen LogP contribution in [0.1, 0.15) is 75.4 Å². The Balaban J connectivity index is 2.39. The Labute approximate surface area is 231 Å². The zero-order valence-electron chi connectivity index (χ0n) is 23.7. The van der Waals surface area contributed by atoms with Gasteiger partial charge in [0.15, 0.2) is 0 Å². The molecule has 3 rings (SSSR count). The number of nitrogens with zero attached hydrogens (tertiary/aromatic N) is 2. The topological polar surface area (TPSA) is 132 Å². The molecule has 1 aromatic carbocycles. The number of hydrogen-bond acceptors (Lipinski definition) is 8. The van der Waals surface area contributed by atoms with Crippen molar-refractivity contribution in [2.24, 2.45) is 5.73 Å². The number of thiophene rings is 1. The van der Waals surface area contributed by atoms with Crippen LogP contribution in [0.25, 0.3) is 10.2 Å². The summed E-state index contributed by atoms with van der Waals surface area (Å²) in [5.41, 5.74) is 3.62. The van der Waals surface area contributed by atoms with E-state index >= 15 is 0 Å². The minimum Gasteiger partial charge on any atom is -0.491 e. The lowest BCUT2D eigenvalue weighted by Gasteiger charge is -2.27. The van der Waals surface area contributed by atoms with Crippen molar-refractivity contribution < 1.29 is 23.8 Å². The third-order valence-corrected chi connectivity index (χ3v) is 7.54. The second-order valence-electron chi connectivity index (χ2n) is 10.3. The number of nitrogens with two attached hydrogens (primary N) is 1. The lowest BCUT2D eigenvalue weighted by molar-refractivity contribution is -0.125. The highest BCUT2D eigenvalue weighted by Gasteiger charge is 2.35. The van der Waals surface area contributed by atoms with Crippen molar-refractivity contribution in [3.05, 3.63) is 61.1 Å². The van der Waals surface area contributed by atoms with Crippen LogP contribution < -0.4 is 21.7 Å². The molecule has 0 saturated heterocycles. The molecule has 0 radical (unpaired) electrons. The predicted molar refractivity (Wildman–Crippen MR) is 151 cm³/mol. The van der Waals surface area contributed by atoms with Gasteiger partial charge in [0.05, 0.1) is 30.7 Å². The zero-order chi connectivity index (χ0) is 29.2. The van der Waals surface area contributed by atoms with Gasteiger partial charge >= 0.3 is 11.7 Å². The van der Waals surface area contributed by atoms with Gasteiger partial charge in [0.2, 0.25) is 5.91 Å². The maximum Gasteiger partial charge on any atom is 0.348 e. The molecule has 10 nitrogen and oxygen atoms in total. The Morgan fingerprint density at radius 1 is 1.08 bits per heavy atom. The number of hydrogen-bond donors (Lipinski definition) is 1. The highest BCUT2D eigenvalue weighted by molar-refractivity contribution is 7.20. The van der Waals surface area contributed by atoms with Crippen molar-refractivity contribution >= 4 is 33.4 Å². The van der Waals surface area contributed by atoms with Gasteiger partial charge in [-0.3, -0.25) is 14.2 Å². The molecule has 11 heteroatoms. The molecule has 39 heavy (non-hydrogen) atoms. The Kier molecular flexibility index (Phi) is 9.07. The SMILES string of the molecule is CCOC(=O)c1sc2c(c1C)c(=O)n(C(C)(C)C(N)=O)c(=O)n2C[C@H](OC(C)C)c1ccccc1OC(C)C. The van der Waals surface area contributed by atoms with Gasteiger partial charge in [0.1, 0.15) is 27.1 Å². The van der Waals surface area contributed by atoms with E-state index in [1.807, 2.05) is 52.0 Å². The molecule has 2 aromatic heterocycles. The molecular weight excluding hydrogens is 522 g/mol. The molecule has 0 spiro atoms. The molecule has 2 N–H and O–H groups in total. The quantitative estimate of drug-likeness (QED) is 0.353. The van der Waals surface area contributed by atoms with Crippen molar-refractivity contribution in [2.75, 3.05) is 6.61 Å². The van der Waals surface area contributed by atoms with Crippen LogP contribution in [0.4, 0.5) is 0 Å². The fourth-order valence-corrected chi connectivity index (χ4v) is 5.51. The fourth-order valence-electron chi connectivity index (χ4n) is 4.32. The second kappa shape index (κ2) is 11.7. The number of carbonyl (C=O) groups is 2. The monoisotopic (exact) mass is 559 g/mol. The number of primary amides is 1. The lowest BCUT2D eigenvalue weighted by Crippen LogP contribution is -2.54. The van der Waals surface area contributed by atoms with Gasteiger partial charge in [-0.05, 0) is 67.0 Å². The number of carbonyl (C=O) groups excluding carboxylic acids is 2. The van der Waals surface area contributed by atoms with Gasteiger partial charge in [-0.2, -0.15) is 0 Å².